The number of fused-ring (bicyclic) bond motifs is 1. The second kappa shape index (κ2) is 8.87. The van der Waals surface area contributed by atoms with Crippen LogP contribution in [0.1, 0.15) is 31.9 Å². The van der Waals surface area contributed by atoms with Crippen molar-refractivity contribution >= 4 is 26.9 Å². The Morgan fingerprint density at radius 3 is 2.44 bits per heavy atom. The monoisotopic (exact) mass is 453 g/mol. The first kappa shape index (κ1) is 21.6. The Balaban J connectivity index is 1.62. The van der Waals surface area contributed by atoms with E-state index in [1.807, 2.05) is 31.2 Å². The highest BCUT2D eigenvalue weighted by atomic mass is 32.2. The van der Waals surface area contributed by atoms with Gasteiger partial charge in [0, 0.05) is 18.8 Å². The van der Waals surface area contributed by atoms with Crippen LogP contribution >= 0.6 is 0 Å². The van der Waals surface area contributed by atoms with E-state index in [2.05, 4.69) is 29.9 Å². The van der Waals surface area contributed by atoms with Gasteiger partial charge in [0.25, 0.3) is 5.88 Å². The summed E-state index contributed by atoms with van der Waals surface area (Å²) in [6.07, 6.45) is 3.35. The Kier molecular flexibility index (Phi) is 5.99. The standard InChI is InChI=1S/C21H23N7O3S/c1-4-11-32(29,30)27-20-21(25-18-8-6-5-7-17(18)24-20)31-14(2)15-9-10-16(22-12-15)19-13-23-28(3)26-19/h5-10,12-14H,4,11H2,1-3H3,(H,24,27)/t14-/m0/s1. The number of hydrogen-bond donors (Lipinski definition) is 1. The summed E-state index contributed by atoms with van der Waals surface area (Å²) >= 11 is 0. The lowest BCUT2D eigenvalue weighted by Gasteiger charge is -2.17. The van der Waals surface area contributed by atoms with Crippen LogP contribution in [-0.4, -0.2) is 44.1 Å². The van der Waals surface area contributed by atoms with Crippen LogP contribution in [0, 0.1) is 0 Å². The van der Waals surface area contributed by atoms with E-state index in [0.717, 1.165) is 5.56 Å². The second-order valence-electron chi connectivity index (χ2n) is 7.24. The van der Waals surface area contributed by atoms with Crippen LogP contribution in [0.5, 0.6) is 5.88 Å². The van der Waals surface area contributed by atoms with E-state index < -0.39 is 16.1 Å². The number of nitrogens with one attached hydrogen (secondary N) is 1. The van der Waals surface area contributed by atoms with Gasteiger partial charge in [-0.25, -0.2) is 18.4 Å². The van der Waals surface area contributed by atoms with E-state index in [0.29, 0.717) is 28.8 Å². The molecule has 0 aliphatic carbocycles. The average Bonchev–Trinajstić information content (AvgIpc) is 3.20. The molecular weight excluding hydrogens is 430 g/mol. The van der Waals surface area contributed by atoms with E-state index >= 15 is 0 Å². The predicted molar refractivity (Wildman–Crippen MR) is 121 cm³/mol. The maximum Gasteiger partial charge on any atom is 0.259 e. The van der Waals surface area contributed by atoms with Crippen molar-refractivity contribution in [2.45, 2.75) is 26.4 Å². The molecule has 4 rings (SSSR count). The van der Waals surface area contributed by atoms with E-state index in [1.54, 1.807) is 38.5 Å². The number of para-hydroxylation sites is 2. The third-order valence-corrected chi connectivity index (χ3v) is 6.12. The van der Waals surface area contributed by atoms with Crippen molar-refractivity contribution in [3.8, 4) is 17.3 Å². The molecule has 0 saturated heterocycles. The molecule has 0 fully saturated rings. The Morgan fingerprint density at radius 1 is 1.06 bits per heavy atom. The zero-order chi connectivity index (χ0) is 22.7. The molecule has 1 aromatic carbocycles. The van der Waals surface area contributed by atoms with Gasteiger partial charge in [-0.3, -0.25) is 9.71 Å². The zero-order valence-corrected chi connectivity index (χ0v) is 18.7. The highest BCUT2D eigenvalue weighted by Gasteiger charge is 2.19. The molecule has 11 heteroatoms. The van der Waals surface area contributed by atoms with Gasteiger partial charge >= 0.3 is 0 Å². The molecule has 0 spiro atoms. The minimum Gasteiger partial charge on any atom is -0.467 e. The molecule has 3 aromatic heterocycles. The van der Waals surface area contributed by atoms with Gasteiger partial charge in [0.05, 0.1) is 28.7 Å². The quantitative estimate of drug-likeness (QED) is 0.431. The van der Waals surface area contributed by atoms with Crippen molar-refractivity contribution in [2.24, 2.45) is 7.05 Å². The number of rotatable bonds is 8. The molecule has 0 bridgehead atoms. The first-order chi connectivity index (χ1) is 15.3. The predicted octanol–water partition coefficient (Wildman–Crippen LogP) is 3.11. The average molecular weight is 454 g/mol. The summed E-state index contributed by atoms with van der Waals surface area (Å²) < 4.78 is 33.3. The molecule has 0 radical (unpaired) electrons. The van der Waals surface area contributed by atoms with Crippen molar-refractivity contribution in [3.05, 3.63) is 54.4 Å². The molecule has 0 unspecified atom stereocenters. The SMILES string of the molecule is CCCS(=O)(=O)Nc1nc2ccccc2nc1O[C@@H](C)c1ccc(-c2cnn(C)n2)nc1. The highest BCUT2D eigenvalue weighted by Crippen LogP contribution is 2.29. The van der Waals surface area contributed by atoms with Gasteiger partial charge in [-0.05, 0) is 31.5 Å². The number of hydrogen-bond acceptors (Lipinski definition) is 8. The van der Waals surface area contributed by atoms with Crippen LogP contribution in [0.2, 0.25) is 0 Å². The summed E-state index contributed by atoms with van der Waals surface area (Å²) in [6.45, 7) is 3.63. The number of anilines is 1. The molecule has 0 saturated carbocycles. The van der Waals surface area contributed by atoms with E-state index in [9.17, 15) is 8.42 Å². The number of nitrogens with zero attached hydrogens (tertiary/aromatic N) is 6. The van der Waals surface area contributed by atoms with Crippen molar-refractivity contribution in [1.29, 1.82) is 0 Å². The zero-order valence-electron chi connectivity index (χ0n) is 17.9. The lowest BCUT2D eigenvalue weighted by molar-refractivity contribution is 0.218. The maximum atomic E-state index is 12.4. The summed E-state index contributed by atoms with van der Waals surface area (Å²) in [5, 5.41) is 8.29. The number of aryl methyl sites for hydroxylation is 1. The van der Waals surface area contributed by atoms with Crippen LogP contribution in [0.4, 0.5) is 5.82 Å². The molecule has 1 N–H and O–H groups in total. The number of benzene rings is 1. The largest absolute Gasteiger partial charge is 0.467 e. The van der Waals surface area contributed by atoms with Gasteiger partial charge in [0.15, 0.2) is 0 Å². The first-order valence-electron chi connectivity index (χ1n) is 10.1. The summed E-state index contributed by atoms with van der Waals surface area (Å²) in [6, 6.07) is 10.9. The van der Waals surface area contributed by atoms with Crippen LogP contribution in [0.3, 0.4) is 0 Å². The van der Waals surface area contributed by atoms with E-state index in [1.165, 1.54) is 4.80 Å². The molecule has 10 nitrogen and oxygen atoms in total. The molecule has 166 valence electrons. The Morgan fingerprint density at radius 2 is 1.81 bits per heavy atom. The lowest BCUT2D eigenvalue weighted by Crippen LogP contribution is -2.18. The topological polar surface area (TPSA) is 125 Å². The fourth-order valence-electron chi connectivity index (χ4n) is 3.10. The third kappa shape index (κ3) is 4.83. The molecule has 0 aliphatic heterocycles. The number of aromatic nitrogens is 6. The van der Waals surface area contributed by atoms with Gasteiger partial charge in [-0.2, -0.15) is 15.0 Å². The van der Waals surface area contributed by atoms with E-state index in [4.69, 9.17) is 4.74 Å². The Hall–Kier alpha value is -3.60. The fraction of sp³-hybridized carbons (Fsp3) is 0.286. The first-order valence-corrected chi connectivity index (χ1v) is 11.8. The number of sulfonamides is 1. The molecule has 4 aromatic rings. The normalized spacial score (nSPS) is 12.6. The number of ether oxygens (including phenoxy) is 1. The summed E-state index contributed by atoms with van der Waals surface area (Å²) in [4.78, 5) is 14.8. The fourth-order valence-corrected chi connectivity index (χ4v) is 4.16. The highest BCUT2D eigenvalue weighted by molar-refractivity contribution is 7.92. The van der Waals surface area contributed by atoms with Gasteiger partial charge in [-0.1, -0.05) is 25.1 Å². The van der Waals surface area contributed by atoms with Crippen LogP contribution in [0.15, 0.2) is 48.8 Å². The van der Waals surface area contributed by atoms with Gasteiger partial charge in [-0.15, -0.1) is 0 Å². The second-order valence-corrected chi connectivity index (χ2v) is 9.08. The lowest BCUT2D eigenvalue weighted by atomic mass is 10.1. The molecule has 0 aliphatic rings. The van der Waals surface area contributed by atoms with Crippen molar-refractivity contribution in [3.63, 3.8) is 0 Å². The Bertz CT molecular complexity index is 1340. The van der Waals surface area contributed by atoms with Gasteiger partial charge in [0.1, 0.15) is 11.8 Å². The van der Waals surface area contributed by atoms with Crippen molar-refractivity contribution < 1.29 is 13.2 Å². The molecule has 32 heavy (non-hydrogen) atoms. The molecule has 3 heterocycles. The van der Waals surface area contributed by atoms with Gasteiger partial charge < -0.3 is 4.74 Å². The Labute approximate surface area is 185 Å². The van der Waals surface area contributed by atoms with Crippen LogP contribution < -0.4 is 9.46 Å². The van der Waals surface area contributed by atoms with Gasteiger partial charge in [0.2, 0.25) is 15.8 Å². The number of pyridine rings is 1. The summed E-state index contributed by atoms with van der Waals surface area (Å²) in [7, 11) is -1.83. The van der Waals surface area contributed by atoms with Crippen molar-refractivity contribution in [2.75, 3.05) is 10.5 Å². The third-order valence-electron chi connectivity index (χ3n) is 4.67. The minimum absolute atomic E-state index is 0.0236. The van der Waals surface area contributed by atoms with Crippen LogP contribution in [-0.2, 0) is 17.1 Å². The minimum atomic E-state index is -3.57. The van der Waals surface area contributed by atoms with Crippen LogP contribution in [0.25, 0.3) is 22.4 Å². The van der Waals surface area contributed by atoms with Crippen molar-refractivity contribution in [1.82, 2.24) is 29.9 Å². The molecule has 1 atom stereocenters. The maximum absolute atomic E-state index is 12.4. The summed E-state index contributed by atoms with van der Waals surface area (Å²) in [5.41, 5.74) is 3.31. The molecule has 0 amide bonds. The van der Waals surface area contributed by atoms with E-state index in [-0.39, 0.29) is 17.5 Å². The smallest absolute Gasteiger partial charge is 0.259 e. The summed E-state index contributed by atoms with van der Waals surface area (Å²) in [5.74, 6) is 0.145. The molecular formula is C21H23N7O3S.